The van der Waals surface area contributed by atoms with Gasteiger partial charge in [0.05, 0.1) is 6.04 Å². The smallest absolute Gasteiger partial charge is 0.242 e. The van der Waals surface area contributed by atoms with Crippen molar-refractivity contribution in [1.82, 2.24) is 5.32 Å². The van der Waals surface area contributed by atoms with Gasteiger partial charge < -0.3 is 10.6 Å². The number of hydrogen-bond acceptors (Lipinski definition) is 4. The maximum Gasteiger partial charge on any atom is 0.242 e. The first-order valence-electron chi connectivity index (χ1n) is 5.90. The maximum absolute atomic E-state index is 12.0. The van der Waals surface area contributed by atoms with Gasteiger partial charge in [0.15, 0.2) is 5.78 Å². The first-order chi connectivity index (χ1) is 8.66. The van der Waals surface area contributed by atoms with Gasteiger partial charge in [-0.2, -0.15) is 11.8 Å². The van der Waals surface area contributed by atoms with Gasteiger partial charge in [-0.3, -0.25) is 9.59 Å². The zero-order chi connectivity index (χ0) is 13.0. The Labute approximate surface area is 111 Å². The molecule has 0 aliphatic carbocycles. The van der Waals surface area contributed by atoms with Gasteiger partial charge in [0, 0.05) is 29.3 Å². The number of hydrogen-bond donors (Lipinski definition) is 2. The van der Waals surface area contributed by atoms with Crippen LogP contribution in [0.25, 0.3) is 0 Å². The lowest BCUT2D eigenvalue weighted by Crippen LogP contribution is -2.46. The van der Waals surface area contributed by atoms with E-state index in [-0.39, 0.29) is 17.7 Å². The zero-order valence-corrected chi connectivity index (χ0v) is 11.0. The average molecular weight is 264 g/mol. The van der Waals surface area contributed by atoms with Crippen LogP contribution < -0.4 is 10.6 Å². The number of thioether (sulfide) groups is 1. The fraction of sp³-hybridized carbons (Fsp3) is 0.385. The van der Waals surface area contributed by atoms with Crippen molar-refractivity contribution in [3.8, 4) is 0 Å². The fourth-order valence-electron chi connectivity index (χ4n) is 1.78. The summed E-state index contributed by atoms with van der Waals surface area (Å²) in [5, 5.41) is 6.02. The number of rotatable bonds is 3. The summed E-state index contributed by atoms with van der Waals surface area (Å²) in [5.41, 5.74) is 1.28. The molecule has 1 aliphatic heterocycles. The van der Waals surface area contributed by atoms with Crippen molar-refractivity contribution in [1.29, 1.82) is 0 Å². The van der Waals surface area contributed by atoms with Crippen molar-refractivity contribution in [2.45, 2.75) is 13.0 Å². The van der Waals surface area contributed by atoms with E-state index in [0.29, 0.717) is 11.3 Å². The van der Waals surface area contributed by atoms with Gasteiger partial charge in [0.25, 0.3) is 0 Å². The highest BCUT2D eigenvalue weighted by Crippen LogP contribution is 2.13. The molecule has 1 amide bonds. The molecule has 0 spiro atoms. The standard InChI is InChI=1S/C13H16N2O2S/c1-9(16)10-3-2-4-11(7-10)15-13(17)12-8-18-6-5-14-12/h2-4,7,12,14H,5-6,8H2,1H3,(H,15,17). The molecule has 0 bridgehead atoms. The van der Waals surface area contributed by atoms with Crippen molar-refractivity contribution < 1.29 is 9.59 Å². The number of amides is 1. The molecule has 2 N–H and O–H groups in total. The van der Waals surface area contributed by atoms with Gasteiger partial charge in [-0.05, 0) is 19.1 Å². The number of nitrogens with one attached hydrogen (secondary N) is 2. The van der Waals surface area contributed by atoms with Crippen LogP contribution >= 0.6 is 11.8 Å². The fourth-order valence-corrected chi connectivity index (χ4v) is 2.71. The Balaban J connectivity index is 2.02. The highest BCUT2D eigenvalue weighted by atomic mass is 32.2. The Bertz CT molecular complexity index is 456. The molecule has 1 aromatic carbocycles. The predicted octanol–water partition coefficient (Wildman–Crippen LogP) is 1.53. The Hall–Kier alpha value is -1.33. The lowest BCUT2D eigenvalue weighted by molar-refractivity contribution is -0.117. The van der Waals surface area contributed by atoms with Crippen molar-refractivity contribution >= 4 is 29.1 Å². The second kappa shape index (κ2) is 6.02. The van der Waals surface area contributed by atoms with Crippen LogP contribution in [0.15, 0.2) is 24.3 Å². The Morgan fingerprint density at radius 1 is 1.44 bits per heavy atom. The first kappa shape index (κ1) is 13.1. The van der Waals surface area contributed by atoms with E-state index in [9.17, 15) is 9.59 Å². The second-order valence-electron chi connectivity index (χ2n) is 4.21. The Morgan fingerprint density at radius 3 is 2.94 bits per heavy atom. The monoisotopic (exact) mass is 264 g/mol. The molecule has 5 heteroatoms. The molecule has 1 unspecified atom stereocenters. The molecule has 96 valence electrons. The lowest BCUT2D eigenvalue weighted by atomic mass is 10.1. The topological polar surface area (TPSA) is 58.2 Å². The third kappa shape index (κ3) is 3.34. The maximum atomic E-state index is 12.0. The quantitative estimate of drug-likeness (QED) is 0.813. The normalized spacial score (nSPS) is 19.3. The Morgan fingerprint density at radius 2 is 2.28 bits per heavy atom. The predicted molar refractivity (Wildman–Crippen MR) is 74.2 cm³/mol. The molecule has 4 nitrogen and oxygen atoms in total. The van der Waals surface area contributed by atoms with Gasteiger partial charge in [-0.25, -0.2) is 0 Å². The van der Waals surface area contributed by atoms with E-state index in [1.165, 1.54) is 6.92 Å². The molecule has 18 heavy (non-hydrogen) atoms. The van der Waals surface area contributed by atoms with E-state index in [0.717, 1.165) is 18.1 Å². The van der Waals surface area contributed by atoms with Gasteiger partial charge in [0.2, 0.25) is 5.91 Å². The average Bonchev–Trinajstić information content (AvgIpc) is 2.40. The number of carbonyl (C=O) groups excluding carboxylic acids is 2. The minimum absolute atomic E-state index is 0.00236. The largest absolute Gasteiger partial charge is 0.325 e. The van der Waals surface area contributed by atoms with E-state index in [1.54, 1.807) is 36.0 Å². The van der Waals surface area contributed by atoms with Crippen LogP contribution in [0.1, 0.15) is 17.3 Å². The summed E-state index contributed by atoms with van der Waals surface area (Å²) >= 11 is 1.77. The van der Waals surface area contributed by atoms with Crippen LogP contribution in [0.5, 0.6) is 0 Å². The van der Waals surface area contributed by atoms with Gasteiger partial charge in [-0.1, -0.05) is 12.1 Å². The van der Waals surface area contributed by atoms with Crippen LogP contribution in [-0.4, -0.2) is 35.8 Å². The van der Waals surface area contributed by atoms with Crippen molar-refractivity contribution in [2.75, 3.05) is 23.4 Å². The van der Waals surface area contributed by atoms with Crippen molar-refractivity contribution in [3.63, 3.8) is 0 Å². The van der Waals surface area contributed by atoms with Gasteiger partial charge in [-0.15, -0.1) is 0 Å². The number of ketones is 1. The minimum Gasteiger partial charge on any atom is -0.325 e. The second-order valence-corrected chi connectivity index (χ2v) is 5.36. The summed E-state index contributed by atoms with van der Waals surface area (Å²) in [6.45, 7) is 2.37. The first-order valence-corrected chi connectivity index (χ1v) is 7.05. The molecule has 0 saturated carbocycles. The molecule has 1 heterocycles. The van der Waals surface area contributed by atoms with Crippen LogP contribution in [0.2, 0.25) is 0 Å². The molecule has 1 aliphatic rings. The van der Waals surface area contributed by atoms with Crippen LogP contribution in [0, 0.1) is 0 Å². The zero-order valence-electron chi connectivity index (χ0n) is 10.2. The number of anilines is 1. The SMILES string of the molecule is CC(=O)c1cccc(NC(=O)C2CSCCN2)c1. The van der Waals surface area contributed by atoms with E-state index in [2.05, 4.69) is 10.6 Å². The molecular weight excluding hydrogens is 248 g/mol. The van der Waals surface area contributed by atoms with E-state index in [4.69, 9.17) is 0 Å². The lowest BCUT2D eigenvalue weighted by Gasteiger charge is -2.22. The van der Waals surface area contributed by atoms with Crippen molar-refractivity contribution in [2.24, 2.45) is 0 Å². The molecule has 1 saturated heterocycles. The van der Waals surface area contributed by atoms with Crippen LogP contribution in [0.3, 0.4) is 0 Å². The highest BCUT2D eigenvalue weighted by Gasteiger charge is 2.20. The molecule has 1 aromatic rings. The highest BCUT2D eigenvalue weighted by molar-refractivity contribution is 7.99. The minimum atomic E-state index is -0.148. The summed E-state index contributed by atoms with van der Waals surface area (Å²) in [7, 11) is 0. The summed E-state index contributed by atoms with van der Waals surface area (Å²) in [6.07, 6.45) is 0. The summed E-state index contributed by atoms with van der Waals surface area (Å²) in [5.74, 6) is 1.79. The van der Waals surface area contributed by atoms with Crippen LogP contribution in [0.4, 0.5) is 5.69 Å². The number of Topliss-reactive ketones (excluding diaryl/α,β-unsaturated/α-hetero) is 1. The Kier molecular flexibility index (Phi) is 4.38. The molecule has 1 atom stereocenters. The van der Waals surface area contributed by atoms with Crippen LogP contribution in [-0.2, 0) is 4.79 Å². The van der Waals surface area contributed by atoms with E-state index < -0.39 is 0 Å². The summed E-state index contributed by atoms with van der Waals surface area (Å²) in [6, 6.07) is 6.86. The number of benzene rings is 1. The van der Waals surface area contributed by atoms with E-state index in [1.807, 2.05) is 0 Å². The van der Waals surface area contributed by atoms with Gasteiger partial charge in [0.1, 0.15) is 0 Å². The number of carbonyl (C=O) groups is 2. The third-order valence-electron chi connectivity index (χ3n) is 2.77. The molecule has 1 fully saturated rings. The van der Waals surface area contributed by atoms with E-state index >= 15 is 0 Å². The molecule has 0 aromatic heterocycles. The van der Waals surface area contributed by atoms with Gasteiger partial charge >= 0.3 is 0 Å². The molecule has 2 rings (SSSR count). The summed E-state index contributed by atoms with van der Waals surface area (Å²) < 4.78 is 0. The molecule has 0 radical (unpaired) electrons. The third-order valence-corrected chi connectivity index (χ3v) is 3.84. The van der Waals surface area contributed by atoms with Crippen molar-refractivity contribution in [3.05, 3.63) is 29.8 Å². The molecular formula is C13H16N2O2S. The summed E-state index contributed by atoms with van der Waals surface area (Å²) in [4.78, 5) is 23.2.